The molecule has 1 atom stereocenters. The van der Waals surface area contributed by atoms with Crippen LogP contribution < -0.4 is 5.32 Å². The van der Waals surface area contributed by atoms with E-state index < -0.39 is 0 Å². The summed E-state index contributed by atoms with van der Waals surface area (Å²) in [4.78, 5) is 0. The largest absolute Gasteiger partial charge is 0.382 e. The van der Waals surface area contributed by atoms with E-state index in [4.69, 9.17) is 9.47 Å². The molecule has 1 aliphatic carbocycles. The second kappa shape index (κ2) is 6.72. The molecule has 0 aromatic rings. The van der Waals surface area contributed by atoms with Crippen molar-refractivity contribution in [2.24, 2.45) is 0 Å². The van der Waals surface area contributed by atoms with E-state index in [-0.39, 0.29) is 5.60 Å². The lowest BCUT2D eigenvalue weighted by molar-refractivity contribution is -0.0351. The van der Waals surface area contributed by atoms with Gasteiger partial charge in [0, 0.05) is 19.8 Å². The maximum atomic E-state index is 6.24. The Morgan fingerprint density at radius 3 is 2.88 bits per heavy atom. The summed E-state index contributed by atoms with van der Waals surface area (Å²) in [7, 11) is 0. The molecule has 1 N–H and O–H groups in total. The summed E-state index contributed by atoms with van der Waals surface area (Å²) in [5.74, 6) is 0. The van der Waals surface area contributed by atoms with E-state index in [1.165, 1.54) is 38.5 Å². The molecule has 2 rings (SSSR count). The van der Waals surface area contributed by atoms with Crippen LogP contribution in [0.25, 0.3) is 0 Å². The molecule has 0 aromatic carbocycles. The molecule has 1 heterocycles. The van der Waals surface area contributed by atoms with Crippen molar-refractivity contribution in [3.8, 4) is 0 Å². The van der Waals surface area contributed by atoms with Gasteiger partial charge in [-0.1, -0.05) is 12.8 Å². The van der Waals surface area contributed by atoms with Gasteiger partial charge in [0.25, 0.3) is 0 Å². The van der Waals surface area contributed by atoms with E-state index in [0.29, 0.717) is 6.10 Å². The minimum absolute atomic E-state index is 0.289. The molecule has 2 aliphatic rings. The van der Waals surface area contributed by atoms with Gasteiger partial charge < -0.3 is 14.8 Å². The van der Waals surface area contributed by atoms with E-state index in [1.807, 2.05) is 6.92 Å². The molecular formula is C14H27NO2. The SMILES string of the molecule is CCOCCCNCC1CCC2(CCCC2)O1. The van der Waals surface area contributed by atoms with E-state index in [1.54, 1.807) is 0 Å². The van der Waals surface area contributed by atoms with Gasteiger partial charge in [-0.25, -0.2) is 0 Å². The van der Waals surface area contributed by atoms with Crippen molar-refractivity contribution >= 4 is 0 Å². The topological polar surface area (TPSA) is 30.5 Å². The van der Waals surface area contributed by atoms with Crippen LogP contribution in [-0.4, -0.2) is 38.0 Å². The standard InChI is InChI=1S/C14H27NO2/c1-2-16-11-5-10-15-12-13-6-9-14(17-13)7-3-4-8-14/h13,15H,2-12H2,1H3. The lowest BCUT2D eigenvalue weighted by atomic mass is 9.98. The number of hydrogen-bond donors (Lipinski definition) is 1. The van der Waals surface area contributed by atoms with Crippen molar-refractivity contribution in [3.05, 3.63) is 0 Å². The van der Waals surface area contributed by atoms with Crippen molar-refractivity contribution in [1.82, 2.24) is 5.32 Å². The third-order valence-corrected chi connectivity index (χ3v) is 4.07. The third-order valence-electron chi connectivity index (χ3n) is 4.07. The lowest BCUT2D eigenvalue weighted by Crippen LogP contribution is -2.31. The summed E-state index contributed by atoms with van der Waals surface area (Å²) in [5, 5.41) is 3.49. The molecule has 0 bridgehead atoms. The maximum Gasteiger partial charge on any atom is 0.0708 e. The monoisotopic (exact) mass is 241 g/mol. The van der Waals surface area contributed by atoms with Crippen LogP contribution in [0.4, 0.5) is 0 Å². The van der Waals surface area contributed by atoms with Crippen molar-refractivity contribution < 1.29 is 9.47 Å². The summed E-state index contributed by atoms with van der Waals surface area (Å²) in [6.45, 7) is 5.81. The predicted octanol–water partition coefficient (Wildman–Crippen LogP) is 2.49. The second-order valence-electron chi connectivity index (χ2n) is 5.42. The Kier molecular flexibility index (Phi) is 5.26. The van der Waals surface area contributed by atoms with Crippen LogP contribution in [0.1, 0.15) is 51.9 Å². The van der Waals surface area contributed by atoms with Crippen molar-refractivity contribution in [2.75, 3.05) is 26.3 Å². The molecule has 0 radical (unpaired) electrons. The smallest absolute Gasteiger partial charge is 0.0708 e. The molecule has 2 fully saturated rings. The zero-order chi connectivity index (χ0) is 12.0. The zero-order valence-corrected chi connectivity index (χ0v) is 11.2. The highest BCUT2D eigenvalue weighted by Crippen LogP contribution is 2.43. The average Bonchev–Trinajstić information content (AvgIpc) is 2.95. The molecule has 1 spiro atoms. The first-order valence-corrected chi connectivity index (χ1v) is 7.31. The summed E-state index contributed by atoms with van der Waals surface area (Å²) in [6, 6.07) is 0. The minimum Gasteiger partial charge on any atom is -0.382 e. The van der Waals surface area contributed by atoms with Gasteiger partial charge in [-0.2, -0.15) is 0 Å². The fourth-order valence-electron chi connectivity index (χ4n) is 3.13. The highest BCUT2D eigenvalue weighted by molar-refractivity contribution is 4.93. The van der Waals surface area contributed by atoms with Gasteiger partial charge in [0.1, 0.15) is 0 Å². The Hall–Kier alpha value is -0.120. The van der Waals surface area contributed by atoms with Gasteiger partial charge in [-0.15, -0.1) is 0 Å². The number of hydrogen-bond acceptors (Lipinski definition) is 3. The molecule has 17 heavy (non-hydrogen) atoms. The van der Waals surface area contributed by atoms with E-state index in [9.17, 15) is 0 Å². The highest BCUT2D eigenvalue weighted by atomic mass is 16.5. The average molecular weight is 241 g/mol. The van der Waals surface area contributed by atoms with Crippen LogP contribution in [0.2, 0.25) is 0 Å². The van der Waals surface area contributed by atoms with Gasteiger partial charge in [-0.05, 0) is 45.6 Å². The van der Waals surface area contributed by atoms with Gasteiger partial charge in [0.2, 0.25) is 0 Å². The molecule has 1 saturated carbocycles. The Bertz CT molecular complexity index is 214. The van der Waals surface area contributed by atoms with Crippen molar-refractivity contribution in [1.29, 1.82) is 0 Å². The molecule has 3 heteroatoms. The van der Waals surface area contributed by atoms with Crippen LogP contribution in [0.15, 0.2) is 0 Å². The van der Waals surface area contributed by atoms with E-state index in [2.05, 4.69) is 5.32 Å². The van der Waals surface area contributed by atoms with Gasteiger partial charge >= 0.3 is 0 Å². The molecule has 0 aromatic heterocycles. The quantitative estimate of drug-likeness (QED) is 0.695. The first-order chi connectivity index (χ1) is 8.35. The van der Waals surface area contributed by atoms with Crippen molar-refractivity contribution in [3.63, 3.8) is 0 Å². The van der Waals surface area contributed by atoms with Crippen molar-refractivity contribution in [2.45, 2.75) is 63.6 Å². The summed E-state index contributed by atoms with van der Waals surface area (Å²) in [5.41, 5.74) is 0.289. The molecule has 3 nitrogen and oxygen atoms in total. The fraction of sp³-hybridized carbons (Fsp3) is 1.00. The Morgan fingerprint density at radius 1 is 1.29 bits per heavy atom. The lowest BCUT2D eigenvalue weighted by Gasteiger charge is -2.23. The Morgan fingerprint density at radius 2 is 2.12 bits per heavy atom. The Labute approximate surface area is 105 Å². The summed E-state index contributed by atoms with van der Waals surface area (Å²) in [6.07, 6.45) is 9.44. The highest BCUT2D eigenvalue weighted by Gasteiger charge is 2.41. The van der Waals surface area contributed by atoms with E-state index >= 15 is 0 Å². The molecule has 0 amide bonds. The maximum absolute atomic E-state index is 6.24. The predicted molar refractivity (Wildman–Crippen MR) is 69.3 cm³/mol. The first-order valence-electron chi connectivity index (χ1n) is 7.31. The summed E-state index contributed by atoms with van der Waals surface area (Å²) >= 11 is 0. The molecule has 1 saturated heterocycles. The van der Waals surface area contributed by atoms with Gasteiger partial charge in [0.15, 0.2) is 0 Å². The zero-order valence-electron chi connectivity index (χ0n) is 11.2. The normalized spacial score (nSPS) is 27.0. The van der Waals surface area contributed by atoms with Gasteiger partial charge in [-0.3, -0.25) is 0 Å². The third kappa shape index (κ3) is 3.94. The first kappa shape index (κ1) is 13.3. The van der Waals surface area contributed by atoms with Crippen LogP contribution >= 0.6 is 0 Å². The number of ether oxygens (including phenoxy) is 2. The minimum atomic E-state index is 0.289. The van der Waals surface area contributed by atoms with E-state index in [0.717, 1.165) is 32.7 Å². The van der Waals surface area contributed by atoms with Crippen LogP contribution in [0, 0.1) is 0 Å². The molecular weight excluding hydrogens is 214 g/mol. The molecule has 100 valence electrons. The fourth-order valence-corrected chi connectivity index (χ4v) is 3.13. The number of rotatable bonds is 7. The van der Waals surface area contributed by atoms with Crippen LogP contribution in [0.3, 0.4) is 0 Å². The Balaban J connectivity index is 1.52. The van der Waals surface area contributed by atoms with Crippen LogP contribution in [-0.2, 0) is 9.47 Å². The number of nitrogens with one attached hydrogen (secondary N) is 1. The van der Waals surface area contributed by atoms with Gasteiger partial charge in [0.05, 0.1) is 11.7 Å². The second-order valence-corrected chi connectivity index (χ2v) is 5.42. The molecule has 1 unspecified atom stereocenters. The van der Waals surface area contributed by atoms with Crippen LogP contribution in [0.5, 0.6) is 0 Å². The molecule has 1 aliphatic heterocycles. The summed E-state index contributed by atoms with van der Waals surface area (Å²) < 4.78 is 11.6.